The van der Waals surface area contributed by atoms with E-state index >= 15 is 0 Å². The summed E-state index contributed by atoms with van der Waals surface area (Å²) in [6, 6.07) is 0. The largest absolute Gasteiger partial charge is 0.445 e. The molecule has 5 atom stereocenters. The molecule has 0 aromatic rings. The normalized spacial score (nSPS) is 56.9. The SMILES string of the molecule is C[C@@]12C(=O)O[C@@H](Cl)[C@H]1[C@H]1C=CC2C1. The van der Waals surface area contributed by atoms with Crippen LogP contribution in [0.3, 0.4) is 0 Å². The van der Waals surface area contributed by atoms with Crippen molar-refractivity contribution in [2.45, 2.75) is 18.9 Å². The molecule has 0 amide bonds. The Morgan fingerprint density at radius 1 is 1.62 bits per heavy atom. The Balaban J connectivity index is 2.12. The number of cyclic esters (lactones) is 1. The van der Waals surface area contributed by atoms with Gasteiger partial charge in [0.2, 0.25) is 0 Å². The zero-order chi connectivity index (χ0) is 9.22. The van der Waals surface area contributed by atoms with Crippen molar-refractivity contribution >= 4 is 17.6 Å². The van der Waals surface area contributed by atoms with Crippen molar-refractivity contribution in [2.75, 3.05) is 0 Å². The van der Waals surface area contributed by atoms with Gasteiger partial charge in [-0.3, -0.25) is 4.79 Å². The van der Waals surface area contributed by atoms with E-state index in [0.717, 1.165) is 6.42 Å². The van der Waals surface area contributed by atoms with E-state index in [4.69, 9.17) is 16.3 Å². The first kappa shape index (κ1) is 7.86. The Hall–Kier alpha value is -0.500. The summed E-state index contributed by atoms with van der Waals surface area (Å²) in [6.45, 7) is 2.00. The van der Waals surface area contributed by atoms with Crippen molar-refractivity contribution in [3.8, 4) is 0 Å². The summed E-state index contributed by atoms with van der Waals surface area (Å²) < 4.78 is 5.10. The average molecular weight is 199 g/mol. The molecule has 1 heterocycles. The van der Waals surface area contributed by atoms with Gasteiger partial charge in [-0.05, 0) is 25.2 Å². The van der Waals surface area contributed by atoms with Crippen LogP contribution in [0.2, 0.25) is 0 Å². The van der Waals surface area contributed by atoms with Crippen molar-refractivity contribution in [1.82, 2.24) is 0 Å². The Kier molecular flexibility index (Phi) is 1.28. The lowest BCUT2D eigenvalue weighted by molar-refractivity contribution is -0.147. The summed E-state index contributed by atoms with van der Waals surface area (Å²) >= 11 is 6.01. The molecule has 0 radical (unpaired) electrons. The minimum atomic E-state index is -0.405. The Morgan fingerprint density at radius 3 is 3.08 bits per heavy atom. The molecule has 3 aliphatic rings. The van der Waals surface area contributed by atoms with Gasteiger partial charge in [-0.25, -0.2) is 0 Å². The van der Waals surface area contributed by atoms with E-state index in [0.29, 0.717) is 11.8 Å². The van der Waals surface area contributed by atoms with Crippen LogP contribution in [0, 0.1) is 23.2 Å². The smallest absolute Gasteiger partial charge is 0.314 e. The maximum Gasteiger partial charge on any atom is 0.314 e. The number of carbonyl (C=O) groups excluding carboxylic acids is 1. The van der Waals surface area contributed by atoms with E-state index in [-0.39, 0.29) is 17.3 Å². The summed E-state index contributed by atoms with van der Waals surface area (Å²) in [7, 11) is 0. The molecule has 2 nitrogen and oxygen atoms in total. The Labute approximate surface area is 81.9 Å². The molecule has 1 unspecified atom stereocenters. The molecule has 0 aromatic carbocycles. The molecule has 13 heavy (non-hydrogen) atoms. The van der Waals surface area contributed by atoms with Gasteiger partial charge >= 0.3 is 5.97 Å². The number of fused-ring (bicyclic) bond motifs is 5. The van der Waals surface area contributed by atoms with E-state index in [2.05, 4.69) is 12.2 Å². The molecule has 2 bridgehead atoms. The highest BCUT2D eigenvalue weighted by Crippen LogP contribution is 2.61. The van der Waals surface area contributed by atoms with Gasteiger partial charge in [0.05, 0.1) is 5.41 Å². The topological polar surface area (TPSA) is 26.3 Å². The van der Waals surface area contributed by atoms with Crippen molar-refractivity contribution in [2.24, 2.45) is 23.2 Å². The number of carbonyl (C=O) groups is 1. The molecule has 0 spiro atoms. The van der Waals surface area contributed by atoms with Crippen LogP contribution >= 0.6 is 11.6 Å². The monoisotopic (exact) mass is 198 g/mol. The van der Waals surface area contributed by atoms with Gasteiger partial charge < -0.3 is 4.74 Å². The summed E-state index contributed by atoms with van der Waals surface area (Å²) in [5.41, 5.74) is -0.733. The fraction of sp³-hybridized carbons (Fsp3) is 0.700. The summed E-state index contributed by atoms with van der Waals surface area (Å²) in [5.74, 6) is 0.925. The fourth-order valence-electron chi connectivity index (χ4n) is 3.19. The molecule has 2 fully saturated rings. The second-order valence-corrected chi connectivity index (χ2v) is 4.89. The van der Waals surface area contributed by atoms with Gasteiger partial charge in [0.15, 0.2) is 5.56 Å². The molecular weight excluding hydrogens is 188 g/mol. The highest BCUT2D eigenvalue weighted by molar-refractivity contribution is 6.21. The molecule has 2 aliphatic carbocycles. The van der Waals surface area contributed by atoms with Crippen LogP contribution in [-0.4, -0.2) is 11.5 Å². The fourth-order valence-corrected chi connectivity index (χ4v) is 3.72. The lowest BCUT2D eigenvalue weighted by Crippen LogP contribution is -2.34. The lowest BCUT2D eigenvalue weighted by atomic mass is 9.72. The third-order valence-corrected chi connectivity index (χ3v) is 4.34. The summed E-state index contributed by atoms with van der Waals surface area (Å²) in [5, 5.41) is 0. The number of allylic oxidation sites excluding steroid dienone is 2. The molecule has 3 rings (SSSR count). The molecule has 0 N–H and O–H groups in total. The predicted molar refractivity (Wildman–Crippen MR) is 48.1 cm³/mol. The summed E-state index contributed by atoms with van der Waals surface area (Å²) in [4.78, 5) is 11.6. The van der Waals surface area contributed by atoms with Crippen molar-refractivity contribution in [1.29, 1.82) is 0 Å². The molecule has 70 valence electrons. The first-order valence-corrected chi connectivity index (χ1v) is 5.11. The van der Waals surface area contributed by atoms with Crippen LogP contribution in [0.4, 0.5) is 0 Å². The maximum absolute atomic E-state index is 11.6. The van der Waals surface area contributed by atoms with Crippen LogP contribution < -0.4 is 0 Å². The molecular formula is C10H11ClO2. The Morgan fingerprint density at radius 2 is 2.38 bits per heavy atom. The van der Waals surface area contributed by atoms with E-state index < -0.39 is 5.56 Å². The van der Waals surface area contributed by atoms with Crippen molar-refractivity contribution in [3.05, 3.63) is 12.2 Å². The third-order valence-electron chi connectivity index (χ3n) is 3.98. The zero-order valence-corrected chi connectivity index (χ0v) is 8.12. The summed E-state index contributed by atoms with van der Waals surface area (Å²) in [6.07, 6.45) is 5.42. The second kappa shape index (κ2) is 2.11. The minimum Gasteiger partial charge on any atom is -0.445 e. The molecule has 1 saturated carbocycles. The van der Waals surface area contributed by atoms with Gasteiger partial charge in [0.25, 0.3) is 0 Å². The second-order valence-electron chi connectivity index (χ2n) is 4.46. The van der Waals surface area contributed by atoms with Gasteiger partial charge in [0, 0.05) is 5.92 Å². The van der Waals surface area contributed by atoms with E-state index in [9.17, 15) is 4.79 Å². The molecule has 1 saturated heterocycles. The van der Waals surface area contributed by atoms with Crippen LogP contribution in [0.25, 0.3) is 0 Å². The number of hydrogen-bond acceptors (Lipinski definition) is 2. The van der Waals surface area contributed by atoms with Gasteiger partial charge in [-0.15, -0.1) is 0 Å². The number of esters is 1. The van der Waals surface area contributed by atoms with Crippen LogP contribution in [0.15, 0.2) is 12.2 Å². The number of halogens is 1. The van der Waals surface area contributed by atoms with Gasteiger partial charge in [0.1, 0.15) is 0 Å². The molecule has 0 aromatic heterocycles. The number of hydrogen-bond donors (Lipinski definition) is 0. The number of rotatable bonds is 0. The van der Waals surface area contributed by atoms with E-state index in [1.54, 1.807) is 0 Å². The van der Waals surface area contributed by atoms with Crippen molar-refractivity contribution in [3.63, 3.8) is 0 Å². The zero-order valence-electron chi connectivity index (χ0n) is 7.37. The predicted octanol–water partition coefficient (Wildman–Crippen LogP) is 1.94. The number of alkyl halides is 1. The quantitative estimate of drug-likeness (QED) is 0.338. The van der Waals surface area contributed by atoms with Crippen LogP contribution in [0.5, 0.6) is 0 Å². The highest BCUT2D eigenvalue weighted by Gasteiger charge is 2.65. The first-order chi connectivity index (χ1) is 6.14. The Bertz CT molecular complexity index is 312. The van der Waals surface area contributed by atoms with E-state index in [1.165, 1.54) is 0 Å². The maximum atomic E-state index is 11.6. The van der Waals surface area contributed by atoms with Crippen LogP contribution in [0.1, 0.15) is 13.3 Å². The van der Waals surface area contributed by atoms with Gasteiger partial charge in [-0.1, -0.05) is 23.8 Å². The molecule has 1 aliphatic heterocycles. The van der Waals surface area contributed by atoms with Gasteiger partial charge in [-0.2, -0.15) is 0 Å². The van der Waals surface area contributed by atoms with Crippen LogP contribution in [-0.2, 0) is 9.53 Å². The first-order valence-electron chi connectivity index (χ1n) is 4.67. The number of ether oxygens (including phenoxy) is 1. The highest BCUT2D eigenvalue weighted by atomic mass is 35.5. The molecule has 3 heteroatoms. The standard InChI is InChI=1S/C10H11ClO2/c1-10-6-3-2-5(4-6)7(10)8(11)13-9(10)12/h2-3,5-8H,4H2,1H3/t5-,6?,7+,8+,10-/m0/s1. The minimum absolute atomic E-state index is 0.102. The third kappa shape index (κ3) is 0.700. The van der Waals surface area contributed by atoms with E-state index in [1.807, 2.05) is 6.92 Å². The lowest BCUT2D eigenvalue weighted by Gasteiger charge is -2.27. The van der Waals surface area contributed by atoms with Crippen molar-refractivity contribution < 1.29 is 9.53 Å². The average Bonchev–Trinajstić information content (AvgIpc) is 2.66.